The van der Waals surface area contributed by atoms with Crippen LogP contribution in [-0.2, 0) is 6.42 Å². The first-order chi connectivity index (χ1) is 8.86. The van der Waals surface area contributed by atoms with Crippen molar-refractivity contribution in [2.24, 2.45) is 5.92 Å². The minimum absolute atomic E-state index is 0.0835. The van der Waals surface area contributed by atoms with Gasteiger partial charge in [-0.05, 0) is 25.5 Å². The van der Waals surface area contributed by atoms with Gasteiger partial charge < -0.3 is 5.32 Å². The van der Waals surface area contributed by atoms with Crippen LogP contribution in [0.5, 0.6) is 0 Å². The van der Waals surface area contributed by atoms with Gasteiger partial charge >= 0.3 is 0 Å². The molecule has 0 radical (unpaired) electrons. The Hall–Kier alpha value is -2.02. The highest BCUT2D eigenvalue weighted by atomic mass is 16.6. The normalized spacial score (nSPS) is 12.4. The zero-order valence-electron chi connectivity index (χ0n) is 11.1. The molecule has 0 bridgehead atoms. The van der Waals surface area contributed by atoms with Gasteiger partial charge in [-0.3, -0.25) is 20.2 Å². The van der Waals surface area contributed by atoms with Gasteiger partial charge in [-0.25, -0.2) is 0 Å². The molecule has 1 aromatic rings. The van der Waals surface area contributed by atoms with Crippen LogP contribution < -0.4 is 5.32 Å². The van der Waals surface area contributed by atoms with Crippen molar-refractivity contribution in [3.63, 3.8) is 0 Å². The highest BCUT2D eigenvalue weighted by Gasteiger charge is 2.22. The highest BCUT2D eigenvalue weighted by molar-refractivity contribution is 5.49. The molecule has 0 saturated heterocycles. The summed E-state index contributed by atoms with van der Waals surface area (Å²) in [5.41, 5.74) is 0.0414. The van der Waals surface area contributed by atoms with Crippen LogP contribution in [-0.4, -0.2) is 22.9 Å². The van der Waals surface area contributed by atoms with E-state index in [2.05, 4.69) is 5.32 Å². The average Bonchev–Trinajstić information content (AvgIpc) is 2.35. The summed E-state index contributed by atoms with van der Waals surface area (Å²) in [6.07, 6.45) is 0.461. The fraction of sp³-hybridized carbons (Fsp3) is 0.500. The number of benzene rings is 1. The number of hydrogen-bond acceptors (Lipinski definition) is 5. The van der Waals surface area contributed by atoms with Gasteiger partial charge in [-0.1, -0.05) is 13.8 Å². The molecule has 1 rings (SSSR count). The Kier molecular flexibility index (Phi) is 4.94. The van der Waals surface area contributed by atoms with Gasteiger partial charge in [-0.15, -0.1) is 0 Å². The van der Waals surface area contributed by atoms with E-state index < -0.39 is 9.85 Å². The molecule has 1 aromatic carbocycles. The lowest BCUT2D eigenvalue weighted by molar-refractivity contribution is -0.394. The van der Waals surface area contributed by atoms with Crippen LogP contribution in [0.15, 0.2) is 18.2 Å². The van der Waals surface area contributed by atoms with Crippen molar-refractivity contribution in [1.29, 1.82) is 0 Å². The van der Waals surface area contributed by atoms with Crippen LogP contribution in [0, 0.1) is 26.1 Å². The number of nitrogens with zero attached hydrogens (tertiary/aromatic N) is 2. The lowest BCUT2D eigenvalue weighted by Gasteiger charge is -2.19. The van der Waals surface area contributed by atoms with Gasteiger partial charge in [0.25, 0.3) is 11.4 Å². The molecule has 0 aromatic heterocycles. The third kappa shape index (κ3) is 3.72. The monoisotopic (exact) mass is 267 g/mol. The minimum Gasteiger partial charge on any atom is -0.316 e. The van der Waals surface area contributed by atoms with Crippen LogP contribution in [0.3, 0.4) is 0 Å². The molecule has 0 spiro atoms. The molecular weight excluding hydrogens is 250 g/mol. The van der Waals surface area contributed by atoms with Gasteiger partial charge in [0, 0.05) is 17.7 Å². The number of nitro benzene ring substituents is 2. The summed E-state index contributed by atoms with van der Waals surface area (Å²) < 4.78 is 0. The van der Waals surface area contributed by atoms with Crippen molar-refractivity contribution in [2.45, 2.75) is 26.3 Å². The fourth-order valence-corrected chi connectivity index (χ4v) is 1.92. The fourth-order valence-electron chi connectivity index (χ4n) is 1.92. The molecule has 1 unspecified atom stereocenters. The maximum atomic E-state index is 11.0. The van der Waals surface area contributed by atoms with Crippen LogP contribution in [0.4, 0.5) is 11.4 Å². The Balaban J connectivity index is 3.13. The van der Waals surface area contributed by atoms with Crippen molar-refractivity contribution in [1.82, 2.24) is 5.32 Å². The molecule has 104 valence electrons. The molecule has 1 N–H and O–H groups in total. The molecule has 7 heteroatoms. The smallest absolute Gasteiger partial charge is 0.279 e. The molecule has 7 nitrogen and oxygen atoms in total. The zero-order valence-corrected chi connectivity index (χ0v) is 11.1. The predicted octanol–water partition coefficient (Wildman–Crippen LogP) is 2.29. The van der Waals surface area contributed by atoms with E-state index in [1.807, 2.05) is 13.8 Å². The molecule has 0 amide bonds. The predicted molar refractivity (Wildman–Crippen MR) is 71.1 cm³/mol. The summed E-state index contributed by atoms with van der Waals surface area (Å²) in [6.45, 7) is 4.02. The summed E-state index contributed by atoms with van der Waals surface area (Å²) in [6, 6.07) is 3.86. The first-order valence-electron chi connectivity index (χ1n) is 5.95. The maximum absolute atomic E-state index is 11.0. The molecule has 0 aliphatic carbocycles. The van der Waals surface area contributed by atoms with Crippen LogP contribution in [0.1, 0.15) is 19.4 Å². The number of likely N-dealkylation sites (N-methyl/N-ethyl adjacent to an activating group) is 1. The SMILES string of the molecule is CNC(Cc1ccc([N+](=O)[O-])cc1[N+](=O)[O-])C(C)C. The second-order valence-corrected chi connectivity index (χ2v) is 4.67. The van der Waals surface area contributed by atoms with Gasteiger partial charge in [0.15, 0.2) is 0 Å². The van der Waals surface area contributed by atoms with Gasteiger partial charge in [0.1, 0.15) is 0 Å². The summed E-state index contributed by atoms with van der Waals surface area (Å²) in [7, 11) is 1.79. The van der Waals surface area contributed by atoms with Crippen LogP contribution >= 0.6 is 0 Å². The number of nitro groups is 2. The Morgan fingerprint density at radius 1 is 1.21 bits per heavy atom. The first-order valence-corrected chi connectivity index (χ1v) is 5.95. The topological polar surface area (TPSA) is 98.3 Å². The summed E-state index contributed by atoms with van der Waals surface area (Å²) in [4.78, 5) is 20.4. The Morgan fingerprint density at radius 3 is 2.26 bits per heavy atom. The van der Waals surface area contributed by atoms with Crippen molar-refractivity contribution in [3.8, 4) is 0 Å². The Bertz CT molecular complexity index is 488. The number of rotatable bonds is 6. The summed E-state index contributed by atoms with van der Waals surface area (Å²) in [5.74, 6) is 0.305. The third-order valence-electron chi connectivity index (χ3n) is 3.09. The van der Waals surface area contributed by atoms with E-state index in [9.17, 15) is 20.2 Å². The zero-order chi connectivity index (χ0) is 14.6. The average molecular weight is 267 g/mol. The molecule has 0 fully saturated rings. The minimum atomic E-state index is -0.630. The largest absolute Gasteiger partial charge is 0.316 e. The molecule has 19 heavy (non-hydrogen) atoms. The molecular formula is C12H17N3O4. The van der Waals surface area contributed by atoms with Crippen molar-refractivity contribution in [3.05, 3.63) is 44.0 Å². The summed E-state index contributed by atoms with van der Waals surface area (Å²) in [5, 5.41) is 24.7. The van der Waals surface area contributed by atoms with E-state index in [1.165, 1.54) is 12.1 Å². The van der Waals surface area contributed by atoms with Crippen molar-refractivity contribution in [2.75, 3.05) is 7.05 Å². The van der Waals surface area contributed by atoms with Gasteiger partial charge in [-0.2, -0.15) is 0 Å². The van der Waals surface area contributed by atoms with E-state index in [1.54, 1.807) is 7.05 Å². The summed E-state index contributed by atoms with van der Waals surface area (Å²) >= 11 is 0. The second-order valence-electron chi connectivity index (χ2n) is 4.67. The van der Waals surface area contributed by atoms with E-state index in [4.69, 9.17) is 0 Å². The van der Waals surface area contributed by atoms with Crippen LogP contribution in [0.2, 0.25) is 0 Å². The van der Waals surface area contributed by atoms with Crippen molar-refractivity contribution >= 4 is 11.4 Å². The molecule has 0 aliphatic rings. The maximum Gasteiger partial charge on any atom is 0.279 e. The van der Waals surface area contributed by atoms with E-state index in [-0.39, 0.29) is 17.4 Å². The molecule has 0 heterocycles. The lowest BCUT2D eigenvalue weighted by atomic mass is 9.95. The standard InChI is InChI=1S/C12H17N3O4/c1-8(2)11(13-3)6-9-4-5-10(14(16)17)7-12(9)15(18)19/h4-5,7-8,11,13H,6H2,1-3H3. The quantitative estimate of drug-likeness (QED) is 0.629. The number of hydrogen-bond donors (Lipinski definition) is 1. The molecule has 1 atom stereocenters. The first kappa shape index (κ1) is 15.0. The van der Waals surface area contributed by atoms with E-state index >= 15 is 0 Å². The number of non-ortho nitro benzene ring substituents is 1. The van der Waals surface area contributed by atoms with Crippen LogP contribution in [0.25, 0.3) is 0 Å². The highest BCUT2D eigenvalue weighted by Crippen LogP contribution is 2.26. The molecule has 0 saturated carbocycles. The van der Waals surface area contributed by atoms with Gasteiger partial charge in [0.05, 0.1) is 15.9 Å². The number of nitrogens with one attached hydrogen (secondary N) is 1. The third-order valence-corrected chi connectivity index (χ3v) is 3.09. The van der Waals surface area contributed by atoms with E-state index in [0.717, 1.165) is 6.07 Å². The lowest BCUT2D eigenvalue weighted by Crippen LogP contribution is -2.32. The van der Waals surface area contributed by atoms with E-state index in [0.29, 0.717) is 17.9 Å². The Labute approximate surface area is 110 Å². The van der Waals surface area contributed by atoms with Crippen molar-refractivity contribution < 1.29 is 9.85 Å². The van der Waals surface area contributed by atoms with Gasteiger partial charge in [0.2, 0.25) is 0 Å². The molecule has 0 aliphatic heterocycles. The Morgan fingerprint density at radius 2 is 1.84 bits per heavy atom. The second kappa shape index (κ2) is 6.24.